The molecule has 1 unspecified atom stereocenters. The largest absolute Gasteiger partial charge is 0.310 e. The fourth-order valence-electron chi connectivity index (χ4n) is 3.93. The smallest absolute Gasteiger partial charge is 0.141 e. The lowest BCUT2D eigenvalue weighted by Gasteiger charge is -2.35. The van der Waals surface area contributed by atoms with Crippen LogP contribution in [0.15, 0.2) is 6.33 Å². The van der Waals surface area contributed by atoms with Crippen molar-refractivity contribution in [2.45, 2.75) is 77.0 Å². The standard InChI is InChI=1S/C16H29N5/c1-13(2)21-15(17-12-19-21)10-20-11-16(7-4-5-8-16)18-9-6-14(20)3/h12-14,18H,4-11H2,1-3H3. The predicted octanol–water partition coefficient (Wildman–Crippen LogP) is 2.36. The van der Waals surface area contributed by atoms with Crippen LogP contribution in [-0.4, -0.2) is 44.3 Å². The van der Waals surface area contributed by atoms with Crippen molar-refractivity contribution >= 4 is 0 Å². The molecule has 1 saturated carbocycles. The van der Waals surface area contributed by atoms with E-state index < -0.39 is 0 Å². The highest BCUT2D eigenvalue weighted by Crippen LogP contribution is 2.33. The van der Waals surface area contributed by atoms with Gasteiger partial charge in [0.2, 0.25) is 0 Å². The Morgan fingerprint density at radius 2 is 2.14 bits per heavy atom. The topological polar surface area (TPSA) is 46.0 Å². The van der Waals surface area contributed by atoms with E-state index in [1.54, 1.807) is 6.33 Å². The highest BCUT2D eigenvalue weighted by Gasteiger charge is 2.38. The molecular formula is C16H29N5. The van der Waals surface area contributed by atoms with E-state index in [0.29, 0.717) is 17.6 Å². The summed E-state index contributed by atoms with van der Waals surface area (Å²) in [5.74, 6) is 1.10. The van der Waals surface area contributed by atoms with Gasteiger partial charge in [0, 0.05) is 24.2 Å². The molecule has 1 atom stereocenters. The van der Waals surface area contributed by atoms with E-state index in [4.69, 9.17) is 0 Å². The molecule has 1 aromatic heterocycles. The molecule has 5 nitrogen and oxygen atoms in total. The van der Waals surface area contributed by atoms with Crippen LogP contribution in [0.25, 0.3) is 0 Å². The molecule has 5 heteroatoms. The molecular weight excluding hydrogens is 262 g/mol. The van der Waals surface area contributed by atoms with E-state index in [2.05, 4.69) is 45.8 Å². The number of rotatable bonds is 3. The van der Waals surface area contributed by atoms with Crippen molar-refractivity contribution in [3.05, 3.63) is 12.2 Å². The fraction of sp³-hybridized carbons (Fsp3) is 0.875. The van der Waals surface area contributed by atoms with Crippen LogP contribution in [0.1, 0.15) is 64.7 Å². The zero-order valence-electron chi connectivity index (χ0n) is 13.7. The lowest BCUT2D eigenvalue weighted by molar-refractivity contribution is 0.153. The summed E-state index contributed by atoms with van der Waals surface area (Å²) in [5.41, 5.74) is 0.355. The van der Waals surface area contributed by atoms with Crippen molar-refractivity contribution in [3.63, 3.8) is 0 Å². The highest BCUT2D eigenvalue weighted by molar-refractivity contribution is 4.99. The maximum absolute atomic E-state index is 4.50. The second-order valence-corrected chi connectivity index (χ2v) is 7.17. The summed E-state index contributed by atoms with van der Waals surface area (Å²) in [4.78, 5) is 7.12. The average molecular weight is 291 g/mol. The number of hydrogen-bond acceptors (Lipinski definition) is 4. The van der Waals surface area contributed by atoms with E-state index in [0.717, 1.165) is 25.5 Å². The highest BCUT2D eigenvalue weighted by atomic mass is 15.4. The zero-order valence-corrected chi connectivity index (χ0v) is 13.7. The third-order valence-corrected chi connectivity index (χ3v) is 5.23. The first-order chi connectivity index (χ1) is 10.1. The third kappa shape index (κ3) is 3.14. The van der Waals surface area contributed by atoms with Crippen LogP contribution in [0.3, 0.4) is 0 Å². The van der Waals surface area contributed by atoms with Gasteiger partial charge in [-0.25, -0.2) is 9.67 Å². The lowest BCUT2D eigenvalue weighted by atomic mass is 9.97. The predicted molar refractivity (Wildman–Crippen MR) is 84.1 cm³/mol. The van der Waals surface area contributed by atoms with Crippen LogP contribution in [-0.2, 0) is 6.54 Å². The van der Waals surface area contributed by atoms with Crippen molar-refractivity contribution in [2.24, 2.45) is 0 Å². The number of hydrogen-bond donors (Lipinski definition) is 1. The van der Waals surface area contributed by atoms with Gasteiger partial charge < -0.3 is 5.32 Å². The van der Waals surface area contributed by atoms with Crippen molar-refractivity contribution < 1.29 is 0 Å². The maximum Gasteiger partial charge on any atom is 0.141 e. The molecule has 1 aliphatic carbocycles. The third-order valence-electron chi connectivity index (χ3n) is 5.23. The van der Waals surface area contributed by atoms with Gasteiger partial charge in [0.1, 0.15) is 12.2 Å². The van der Waals surface area contributed by atoms with Gasteiger partial charge in [-0.1, -0.05) is 12.8 Å². The second-order valence-electron chi connectivity index (χ2n) is 7.17. The number of nitrogens with one attached hydrogen (secondary N) is 1. The molecule has 1 saturated heterocycles. The Labute approximate surface area is 128 Å². The Balaban J connectivity index is 1.76. The molecule has 1 N–H and O–H groups in total. The summed E-state index contributed by atoms with van der Waals surface area (Å²) < 4.78 is 2.06. The van der Waals surface area contributed by atoms with Gasteiger partial charge in [-0.3, -0.25) is 4.90 Å². The molecule has 118 valence electrons. The van der Waals surface area contributed by atoms with Gasteiger partial charge >= 0.3 is 0 Å². The molecule has 2 heterocycles. The minimum absolute atomic E-state index is 0.355. The first-order valence-electron chi connectivity index (χ1n) is 8.47. The van der Waals surface area contributed by atoms with Crippen molar-refractivity contribution in [3.8, 4) is 0 Å². The molecule has 0 bridgehead atoms. The number of nitrogens with zero attached hydrogens (tertiary/aromatic N) is 4. The van der Waals surface area contributed by atoms with Crippen LogP contribution in [0.4, 0.5) is 0 Å². The van der Waals surface area contributed by atoms with Gasteiger partial charge in [0.05, 0.1) is 6.54 Å². The van der Waals surface area contributed by atoms with Crippen LogP contribution < -0.4 is 5.32 Å². The Morgan fingerprint density at radius 1 is 1.38 bits per heavy atom. The van der Waals surface area contributed by atoms with Crippen LogP contribution >= 0.6 is 0 Å². The second kappa shape index (κ2) is 6.05. The van der Waals surface area contributed by atoms with E-state index in [1.165, 1.54) is 32.1 Å². The summed E-state index contributed by atoms with van der Waals surface area (Å²) in [6, 6.07) is 0.984. The van der Waals surface area contributed by atoms with E-state index in [9.17, 15) is 0 Å². The molecule has 0 amide bonds. The first kappa shape index (κ1) is 15.0. The molecule has 1 spiro atoms. The average Bonchev–Trinajstić information content (AvgIpc) is 3.04. The molecule has 1 aromatic rings. The molecule has 2 fully saturated rings. The summed E-state index contributed by atoms with van der Waals surface area (Å²) in [7, 11) is 0. The fourth-order valence-corrected chi connectivity index (χ4v) is 3.93. The van der Waals surface area contributed by atoms with Gasteiger partial charge in [-0.2, -0.15) is 5.10 Å². The minimum atomic E-state index is 0.355. The maximum atomic E-state index is 4.50. The molecule has 1 aliphatic heterocycles. The van der Waals surface area contributed by atoms with E-state index >= 15 is 0 Å². The quantitative estimate of drug-likeness (QED) is 0.928. The Hall–Kier alpha value is -0.940. The van der Waals surface area contributed by atoms with Crippen molar-refractivity contribution in [2.75, 3.05) is 13.1 Å². The summed E-state index contributed by atoms with van der Waals surface area (Å²) in [6.45, 7) is 9.91. The minimum Gasteiger partial charge on any atom is -0.310 e. The van der Waals surface area contributed by atoms with Gasteiger partial charge in [0.25, 0.3) is 0 Å². The molecule has 0 radical (unpaired) electrons. The normalized spacial score (nSPS) is 26.6. The Kier molecular flexibility index (Phi) is 4.31. The summed E-state index contributed by atoms with van der Waals surface area (Å²) >= 11 is 0. The molecule has 0 aromatic carbocycles. The Bertz CT molecular complexity index is 461. The van der Waals surface area contributed by atoms with E-state index in [-0.39, 0.29) is 0 Å². The molecule has 3 rings (SSSR count). The first-order valence-corrected chi connectivity index (χ1v) is 8.47. The summed E-state index contributed by atoms with van der Waals surface area (Å²) in [6.07, 6.45) is 8.31. The molecule has 21 heavy (non-hydrogen) atoms. The van der Waals surface area contributed by atoms with Gasteiger partial charge in [-0.05, 0) is 46.6 Å². The zero-order chi connectivity index (χ0) is 14.9. The SMILES string of the molecule is CC1CCNC2(CCCC2)CN1Cc1ncnn1C(C)C. The van der Waals surface area contributed by atoms with Crippen molar-refractivity contribution in [1.29, 1.82) is 0 Å². The Morgan fingerprint density at radius 3 is 2.86 bits per heavy atom. The summed E-state index contributed by atoms with van der Waals surface area (Å²) in [5, 5.41) is 8.23. The van der Waals surface area contributed by atoms with Crippen molar-refractivity contribution in [1.82, 2.24) is 25.0 Å². The van der Waals surface area contributed by atoms with Gasteiger partial charge in [-0.15, -0.1) is 0 Å². The van der Waals surface area contributed by atoms with Crippen LogP contribution in [0, 0.1) is 0 Å². The van der Waals surface area contributed by atoms with Crippen LogP contribution in [0.2, 0.25) is 0 Å². The lowest BCUT2D eigenvalue weighted by Crippen LogP contribution is -2.50. The monoisotopic (exact) mass is 291 g/mol. The van der Waals surface area contributed by atoms with E-state index in [1.807, 2.05) is 0 Å². The number of aromatic nitrogens is 3. The molecule has 2 aliphatic rings. The van der Waals surface area contributed by atoms with Crippen LogP contribution in [0.5, 0.6) is 0 Å². The van der Waals surface area contributed by atoms with Gasteiger partial charge in [0.15, 0.2) is 0 Å².